The molecule has 0 aromatic heterocycles. The van der Waals surface area contributed by atoms with Crippen molar-refractivity contribution >= 4 is 5.91 Å². The van der Waals surface area contributed by atoms with Crippen LogP contribution in [0.2, 0.25) is 0 Å². The maximum atomic E-state index is 12.0. The summed E-state index contributed by atoms with van der Waals surface area (Å²) in [4.78, 5) is 13.5. The minimum Gasteiger partial charge on any atom is -0.341 e. The van der Waals surface area contributed by atoms with Gasteiger partial charge in [0.25, 0.3) is 0 Å². The molecule has 0 aromatic rings. The van der Waals surface area contributed by atoms with Crippen molar-refractivity contribution in [3.05, 3.63) is 0 Å². The smallest absolute Gasteiger partial charge is 0.242 e. The predicted molar refractivity (Wildman–Crippen MR) is 56.5 cm³/mol. The summed E-state index contributed by atoms with van der Waals surface area (Å²) in [7, 11) is 0. The Morgan fingerprint density at radius 3 is 2.33 bits per heavy atom. The van der Waals surface area contributed by atoms with Crippen LogP contribution in [0, 0.1) is 28.1 Å². The molecule has 0 aliphatic heterocycles. The third kappa shape index (κ3) is 3.25. The second-order valence-corrected chi connectivity index (χ2v) is 3.59. The number of carbonyl (C=O) groups excluding carboxylic acids is 1. The second kappa shape index (κ2) is 6.03. The van der Waals surface area contributed by atoms with Crippen LogP contribution in [0.5, 0.6) is 0 Å². The number of amides is 1. The highest BCUT2D eigenvalue weighted by Gasteiger charge is 2.34. The lowest BCUT2D eigenvalue weighted by Crippen LogP contribution is -2.41. The van der Waals surface area contributed by atoms with E-state index in [1.165, 1.54) is 0 Å². The van der Waals surface area contributed by atoms with Crippen LogP contribution in [0.15, 0.2) is 0 Å². The number of nitriles is 2. The topological polar surface area (TPSA) is 67.9 Å². The van der Waals surface area contributed by atoms with Crippen molar-refractivity contribution in [2.75, 3.05) is 13.1 Å². The monoisotopic (exact) mass is 207 g/mol. The molecule has 0 spiro atoms. The van der Waals surface area contributed by atoms with Crippen molar-refractivity contribution in [1.29, 1.82) is 10.5 Å². The molecule has 4 heteroatoms. The summed E-state index contributed by atoms with van der Waals surface area (Å²) in [5.74, 6) is -0.176. The molecule has 0 aromatic carbocycles. The van der Waals surface area contributed by atoms with Crippen LogP contribution in [0.4, 0.5) is 0 Å². The van der Waals surface area contributed by atoms with Gasteiger partial charge in [0.2, 0.25) is 5.91 Å². The third-order valence-electron chi connectivity index (χ3n) is 2.59. The summed E-state index contributed by atoms with van der Waals surface area (Å²) in [5.41, 5.74) is -0.953. The Labute approximate surface area is 91.1 Å². The molecular formula is C11H17N3O. The zero-order valence-electron chi connectivity index (χ0n) is 9.58. The molecule has 0 N–H and O–H groups in total. The normalized spacial score (nSPS) is 13.4. The van der Waals surface area contributed by atoms with E-state index in [1.807, 2.05) is 26.0 Å². The van der Waals surface area contributed by atoms with Crippen molar-refractivity contribution in [3.63, 3.8) is 0 Å². The molecule has 4 nitrogen and oxygen atoms in total. The fourth-order valence-corrected chi connectivity index (χ4v) is 1.22. The quantitative estimate of drug-likeness (QED) is 0.688. The van der Waals surface area contributed by atoms with Crippen LogP contribution in [0.1, 0.15) is 33.6 Å². The Balaban J connectivity index is 4.66. The van der Waals surface area contributed by atoms with E-state index in [4.69, 9.17) is 10.5 Å². The summed E-state index contributed by atoms with van der Waals surface area (Å²) in [6.07, 6.45) is 0.802. The highest BCUT2D eigenvalue weighted by Crippen LogP contribution is 2.22. The molecule has 15 heavy (non-hydrogen) atoms. The fourth-order valence-electron chi connectivity index (χ4n) is 1.22. The van der Waals surface area contributed by atoms with E-state index in [0.29, 0.717) is 25.9 Å². The van der Waals surface area contributed by atoms with Gasteiger partial charge in [-0.1, -0.05) is 6.92 Å². The highest BCUT2D eigenvalue weighted by atomic mass is 16.2. The maximum Gasteiger partial charge on any atom is 0.242 e. The Hall–Kier alpha value is -1.55. The van der Waals surface area contributed by atoms with Gasteiger partial charge in [0, 0.05) is 13.1 Å². The van der Waals surface area contributed by atoms with Crippen molar-refractivity contribution in [1.82, 2.24) is 4.90 Å². The van der Waals surface area contributed by atoms with Crippen molar-refractivity contribution in [2.24, 2.45) is 5.41 Å². The van der Waals surface area contributed by atoms with Gasteiger partial charge in [-0.3, -0.25) is 4.79 Å². The molecule has 1 atom stereocenters. The van der Waals surface area contributed by atoms with Gasteiger partial charge < -0.3 is 4.90 Å². The molecular weight excluding hydrogens is 190 g/mol. The minimum absolute atomic E-state index is 0.176. The Bertz CT molecular complexity index is 300. The van der Waals surface area contributed by atoms with Gasteiger partial charge >= 0.3 is 0 Å². The highest BCUT2D eigenvalue weighted by molar-refractivity contribution is 5.85. The molecule has 0 fully saturated rings. The van der Waals surface area contributed by atoms with Crippen LogP contribution in [-0.4, -0.2) is 23.9 Å². The van der Waals surface area contributed by atoms with Gasteiger partial charge in [0.05, 0.1) is 18.6 Å². The number of hydrogen-bond acceptors (Lipinski definition) is 3. The minimum atomic E-state index is -0.953. The third-order valence-corrected chi connectivity index (χ3v) is 2.59. The standard InChI is InChI=1S/C11H17N3O/c1-4-11(3,9-13)10(15)14(5-2)8-6-7-12/h4-6,8H2,1-3H3. The average Bonchev–Trinajstić information content (AvgIpc) is 2.28. The molecule has 0 aliphatic rings. The fraction of sp³-hybridized carbons (Fsp3) is 0.727. The Morgan fingerprint density at radius 2 is 2.00 bits per heavy atom. The van der Waals surface area contributed by atoms with E-state index >= 15 is 0 Å². The van der Waals surface area contributed by atoms with E-state index in [0.717, 1.165) is 0 Å². The first-order valence-corrected chi connectivity index (χ1v) is 5.13. The lowest BCUT2D eigenvalue weighted by atomic mass is 9.87. The van der Waals surface area contributed by atoms with Crippen LogP contribution < -0.4 is 0 Å². The molecule has 0 saturated carbocycles. The van der Waals surface area contributed by atoms with Gasteiger partial charge in [-0.05, 0) is 20.3 Å². The number of nitrogens with zero attached hydrogens (tertiary/aromatic N) is 3. The van der Waals surface area contributed by atoms with Crippen molar-refractivity contribution in [2.45, 2.75) is 33.6 Å². The first-order chi connectivity index (χ1) is 7.05. The molecule has 1 amide bonds. The number of rotatable bonds is 5. The Kier molecular flexibility index (Phi) is 5.41. The zero-order chi connectivity index (χ0) is 11.9. The van der Waals surface area contributed by atoms with E-state index in [9.17, 15) is 4.79 Å². The maximum absolute atomic E-state index is 12.0. The van der Waals surface area contributed by atoms with Crippen LogP contribution in [-0.2, 0) is 4.79 Å². The average molecular weight is 207 g/mol. The molecule has 0 rings (SSSR count). The first kappa shape index (κ1) is 13.4. The summed E-state index contributed by atoms with van der Waals surface area (Å²) in [6.45, 7) is 6.26. The second-order valence-electron chi connectivity index (χ2n) is 3.59. The zero-order valence-corrected chi connectivity index (χ0v) is 9.58. The van der Waals surface area contributed by atoms with Gasteiger partial charge in [0.15, 0.2) is 0 Å². The summed E-state index contributed by atoms with van der Waals surface area (Å²) in [6, 6.07) is 4.04. The van der Waals surface area contributed by atoms with Crippen molar-refractivity contribution < 1.29 is 4.79 Å². The van der Waals surface area contributed by atoms with E-state index in [1.54, 1.807) is 11.8 Å². The molecule has 0 aliphatic carbocycles. The largest absolute Gasteiger partial charge is 0.341 e. The van der Waals surface area contributed by atoms with Gasteiger partial charge in [-0.2, -0.15) is 10.5 Å². The van der Waals surface area contributed by atoms with Gasteiger partial charge in [-0.15, -0.1) is 0 Å². The summed E-state index contributed by atoms with van der Waals surface area (Å²) in [5, 5.41) is 17.4. The van der Waals surface area contributed by atoms with Crippen LogP contribution in [0.25, 0.3) is 0 Å². The van der Waals surface area contributed by atoms with Crippen LogP contribution in [0.3, 0.4) is 0 Å². The van der Waals surface area contributed by atoms with Gasteiger partial charge in [-0.25, -0.2) is 0 Å². The van der Waals surface area contributed by atoms with E-state index < -0.39 is 5.41 Å². The predicted octanol–water partition coefficient (Wildman–Crippen LogP) is 1.69. The molecule has 82 valence electrons. The van der Waals surface area contributed by atoms with Crippen molar-refractivity contribution in [3.8, 4) is 12.1 Å². The molecule has 0 bridgehead atoms. The lowest BCUT2D eigenvalue weighted by Gasteiger charge is -2.27. The van der Waals surface area contributed by atoms with Gasteiger partial charge in [0.1, 0.15) is 5.41 Å². The summed E-state index contributed by atoms with van der Waals surface area (Å²) >= 11 is 0. The molecule has 0 saturated heterocycles. The SMILES string of the molecule is CCN(CCC#N)C(=O)C(C)(C#N)CC. The lowest BCUT2D eigenvalue weighted by molar-refractivity contribution is -0.138. The first-order valence-electron chi connectivity index (χ1n) is 5.13. The molecule has 0 heterocycles. The summed E-state index contributed by atoms with van der Waals surface area (Å²) < 4.78 is 0. The van der Waals surface area contributed by atoms with E-state index in [-0.39, 0.29) is 5.91 Å². The number of carbonyl (C=O) groups is 1. The number of hydrogen-bond donors (Lipinski definition) is 0. The Morgan fingerprint density at radius 1 is 1.40 bits per heavy atom. The molecule has 0 radical (unpaired) electrons. The van der Waals surface area contributed by atoms with E-state index in [2.05, 4.69) is 0 Å². The van der Waals surface area contributed by atoms with Crippen LogP contribution >= 0.6 is 0 Å². The molecule has 1 unspecified atom stereocenters.